The number of rotatable bonds is 4. The molecule has 23 heavy (non-hydrogen) atoms. The number of benzene rings is 2. The molecule has 1 aromatic heterocycles. The van der Waals surface area contributed by atoms with E-state index in [1.807, 2.05) is 19.1 Å². The van der Waals surface area contributed by atoms with Crippen LogP contribution in [0.1, 0.15) is 36.1 Å². The maximum Gasteiger partial charge on any atom is 0.198 e. The summed E-state index contributed by atoms with van der Waals surface area (Å²) < 4.78 is 0. The zero-order valence-corrected chi connectivity index (χ0v) is 13.9. The molecule has 0 saturated heterocycles. The van der Waals surface area contributed by atoms with Gasteiger partial charge in [0.1, 0.15) is 0 Å². The van der Waals surface area contributed by atoms with Gasteiger partial charge in [0.2, 0.25) is 0 Å². The number of nitrogens with zero attached hydrogens (tertiary/aromatic N) is 1. The van der Waals surface area contributed by atoms with Crippen LogP contribution in [0.15, 0.2) is 41.4 Å². The van der Waals surface area contributed by atoms with Gasteiger partial charge in [-0.05, 0) is 43.0 Å². The average Bonchev–Trinajstić information content (AvgIpc) is 2.87. The van der Waals surface area contributed by atoms with Crippen LogP contribution in [0.25, 0.3) is 10.9 Å². The molecule has 0 radical (unpaired) electrons. The summed E-state index contributed by atoms with van der Waals surface area (Å²) in [6.07, 6.45) is 3.67. The Morgan fingerprint density at radius 1 is 1.09 bits per heavy atom. The first kappa shape index (κ1) is 15.3. The number of fused-ring (bicyclic) bond motifs is 1. The van der Waals surface area contributed by atoms with Crippen molar-refractivity contribution in [2.45, 2.75) is 33.6 Å². The van der Waals surface area contributed by atoms with E-state index in [1.54, 1.807) is 6.21 Å². The number of aryl methyl sites for hydroxylation is 3. The van der Waals surface area contributed by atoms with Gasteiger partial charge in [-0.25, -0.2) is 0 Å². The highest BCUT2D eigenvalue weighted by atomic mass is 16.3. The zero-order chi connectivity index (χ0) is 16.4. The summed E-state index contributed by atoms with van der Waals surface area (Å²) in [5.74, 6) is 0.168. The fourth-order valence-corrected chi connectivity index (χ4v) is 2.95. The van der Waals surface area contributed by atoms with E-state index < -0.39 is 0 Å². The molecule has 1 heterocycles. The summed E-state index contributed by atoms with van der Waals surface area (Å²) in [6.45, 7) is 6.33. The van der Waals surface area contributed by atoms with Crippen molar-refractivity contribution in [1.82, 2.24) is 4.98 Å². The molecular weight excluding hydrogens is 284 g/mol. The molecule has 2 aromatic carbocycles. The summed E-state index contributed by atoms with van der Waals surface area (Å²) in [5.41, 5.74) is 6.33. The van der Waals surface area contributed by atoms with E-state index in [1.165, 1.54) is 11.1 Å². The maximum atomic E-state index is 10.2. The van der Waals surface area contributed by atoms with Crippen LogP contribution in [0.5, 0.6) is 5.88 Å². The number of nitrogens with one attached hydrogen (secondary N) is 1. The molecule has 3 nitrogen and oxygen atoms in total. The van der Waals surface area contributed by atoms with Crippen LogP contribution in [-0.4, -0.2) is 16.3 Å². The zero-order valence-electron chi connectivity index (χ0n) is 13.9. The molecule has 0 atom stereocenters. The van der Waals surface area contributed by atoms with Crippen LogP contribution in [0.2, 0.25) is 0 Å². The lowest BCUT2D eigenvalue weighted by Crippen LogP contribution is -1.89. The molecule has 0 aliphatic carbocycles. The van der Waals surface area contributed by atoms with E-state index in [0.29, 0.717) is 0 Å². The molecule has 3 aromatic rings. The minimum Gasteiger partial charge on any atom is -0.494 e. The topological polar surface area (TPSA) is 48.4 Å². The van der Waals surface area contributed by atoms with Gasteiger partial charge in [-0.2, -0.15) is 0 Å². The summed E-state index contributed by atoms with van der Waals surface area (Å²) in [7, 11) is 0. The Balaban J connectivity index is 2.11. The molecule has 0 aliphatic heterocycles. The average molecular weight is 306 g/mol. The number of aromatic nitrogens is 1. The highest BCUT2D eigenvalue weighted by Crippen LogP contribution is 2.29. The molecule has 0 amide bonds. The van der Waals surface area contributed by atoms with Gasteiger partial charge in [0, 0.05) is 17.1 Å². The lowest BCUT2D eigenvalue weighted by Gasteiger charge is -2.08. The Labute approximate surface area is 136 Å². The minimum atomic E-state index is 0.168. The van der Waals surface area contributed by atoms with Crippen LogP contribution >= 0.6 is 0 Å². The monoisotopic (exact) mass is 306 g/mol. The first-order valence-corrected chi connectivity index (χ1v) is 8.10. The van der Waals surface area contributed by atoms with Crippen LogP contribution < -0.4 is 0 Å². The van der Waals surface area contributed by atoms with Crippen molar-refractivity contribution in [2.75, 3.05) is 0 Å². The van der Waals surface area contributed by atoms with Gasteiger partial charge in [-0.15, -0.1) is 0 Å². The second-order valence-corrected chi connectivity index (χ2v) is 5.83. The summed E-state index contributed by atoms with van der Waals surface area (Å²) in [6, 6.07) is 12.4. The van der Waals surface area contributed by atoms with Gasteiger partial charge in [0.05, 0.1) is 11.3 Å². The third-order valence-electron chi connectivity index (χ3n) is 4.26. The minimum absolute atomic E-state index is 0.168. The lowest BCUT2D eigenvalue weighted by molar-refractivity contribution is 0.457. The van der Waals surface area contributed by atoms with E-state index in [4.69, 9.17) is 4.99 Å². The standard InChI is InChI=1S/C20H22N2O/c1-4-14-7-6-8-15(5-2)19(14)21-12-17-16-11-13(3)9-10-18(16)22-20(17)23/h6-12,22-23H,4-5H2,1-3H3. The predicted molar refractivity (Wildman–Crippen MR) is 97.2 cm³/mol. The Bertz CT molecular complexity index is 852. The Kier molecular flexibility index (Phi) is 4.20. The van der Waals surface area contributed by atoms with Gasteiger partial charge in [0.25, 0.3) is 0 Å². The SMILES string of the molecule is CCc1cccc(CC)c1N=Cc1c(O)[nH]c2ccc(C)cc12. The second-order valence-electron chi connectivity index (χ2n) is 5.83. The van der Waals surface area contributed by atoms with Crippen LogP contribution in [0.3, 0.4) is 0 Å². The highest BCUT2D eigenvalue weighted by Gasteiger charge is 2.10. The van der Waals surface area contributed by atoms with Gasteiger partial charge >= 0.3 is 0 Å². The molecule has 0 aliphatic rings. The highest BCUT2D eigenvalue weighted by molar-refractivity contribution is 6.03. The Morgan fingerprint density at radius 2 is 1.78 bits per heavy atom. The van der Waals surface area contributed by atoms with E-state index in [0.717, 1.165) is 40.6 Å². The predicted octanol–water partition coefficient (Wildman–Crippen LogP) is 5.06. The van der Waals surface area contributed by atoms with Crippen molar-refractivity contribution in [2.24, 2.45) is 4.99 Å². The first-order chi connectivity index (χ1) is 11.1. The van der Waals surface area contributed by atoms with Crippen molar-refractivity contribution < 1.29 is 5.11 Å². The molecule has 0 spiro atoms. The van der Waals surface area contributed by atoms with E-state index in [2.05, 4.69) is 43.1 Å². The number of aromatic hydroxyl groups is 1. The lowest BCUT2D eigenvalue weighted by atomic mass is 10.0. The van der Waals surface area contributed by atoms with Crippen molar-refractivity contribution in [3.05, 3.63) is 58.7 Å². The third kappa shape index (κ3) is 2.87. The van der Waals surface area contributed by atoms with Gasteiger partial charge in [-0.3, -0.25) is 4.99 Å². The van der Waals surface area contributed by atoms with Crippen molar-refractivity contribution in [3.63, 3.8) is 0 Å². The number of H-pyrrole nitrogens is 1. The number of aromatic amines is 1. The molecule has 0 saturated carbocycles. The largest absolute Gasteiger partial charge is 0.494 e. The molecule has 3 heteroatoms. The van der Waals surface area contributed by atoms with Crippen LogP contribution in [0.4, 0.5) is 5.69 Å². The quantitative estimate of drug-likeness (QED) is 0.650. The van der Waals surface area contributed by atoms with Crippen molar-refractivity contribution >= 4 is 22.8 Å². The van der Waals surface area contributed by atoms with E-state index >= 15 is 0 Å². The first-order valence-electron chi connectivity index (χ1n) is 8.10. The van der Waals surface area contributed by atoms with Gasteiger partial charge in [-0.1, -0.05) is 43.7 Å². The fourth-order valence-electron chi connectivity index (χ4n) is 2.95. The maximum absolute atomic E-state index is 10.2. The summed E-state index contributed by atoms with van der Waals surface area (Å²) in [5, 5.41) is 11.2. The Morgan fingerprint density at radius 3 is 2.43 bits per heavy atom. The fraction of sp³-hybridized carbons (Fsp3) is 0.250. The van der Waals surface area contributed by atoms with Crippen LogP contribution in [-0.2, 0) is 12.8 Å². The Hall–Kier alpha value is -2.55. The molecule has 0 fully saturated rings. The third-order valence-corrected chi connectivity index (χ3v) is 4.26. The van der Waals surface area contributed by atoms with E-state index in [9.17, 15) is 5.11 Å². The smallest absolute Gasteiger partial charge is 0.198 e. The molecule has 0 unspecified atom stereocenters. The molecule has 0 bridgehead atoms. The summed E-state index contributed by atoms with van der Waals surface area (Å²) >= 11 is 0. The molecule has 118 valence electrons. The van der Waals surface area contributed by atoms with Crippen molar-refractivity contribution in [3.8, 4) is 5.88 Å². The molecule has 3 rings (SSSR count). The number of hydrogen-bond acceptors (Lipinski definition) is 2. The van der Waals surface area contributed by atoms with Crippen LogP contribution in [0, 0.1) is 6.92 Å². The number of para-hydroxylation sites is 1. The summed E-state index contributed by atoms with van der Waals surface area (Å²) in [4.78, 5) is 7.74. The van der Waals surface area contributed by atoms with E-state index in [-0.39, 0.29) is 5.88 Å². The second kappa shape index (κ2) is 6.29. The number of hydrogen-bond donors (Lipinski definition) is 2. The molecule has 2 N–H and O–H groups in total. The van der Waals surface area contributed by atoms with Gasteiger partial charge < -0.3 is 10.1 Å². The van der Waals surface area contributed by atoms with Crippen molar-refractivity contribution in [1.29, 1.82) is 0 Å². The number of aliphatic imine (C=N–C) groups is 1. The van der Waals surface area contributed by atoms with Gasteiger partial charge in [0.15, 0.2) is 5.88 Å². The normalized spacial score (nSPS) is 11.6. The molecular formula is C20H22N2O.